The van der Waals surface area contributed by atoms with Crippen LogP contribution in [0, 0.1) is 6.92 Å². The summed E-state index contributed by atoms with van der Waals surface area (Å²) in [4.78, 5) is 13.4. The minimum Gasteiger partial charge on any atom is -0.328 e. The fourth-order valence-corrected chi connectivity index (χ4v) is 1.21. The highest BCUT2D eigenvalue weighted by atomic mass is 16.2. The van der Waals surface area contributed by atoms with Gasteiger partial charge in [0.15, 0.2) is 0 Å². The molecule has 4 nitrogen and oxygen atoms in total. The summed E-state index contributed by atoms with van der Waals surface area (Å²) in [5.74, 6) is 0. The van der Waals surface area contributed by atoms with Crippen molar-refractivity contribution in [1.29, 1.82) is 0 Å². The lowest BCUT2D eigenvalue weighted by atomic mass is 10.2. The van der Waals surface area contributed by atoms with E-state index in [1.54, 1.807) is 11.9 Å². The number of carbonyl (C=O) groups is 1. The Morgan fingerprint density at radius 1 is 1.44 bits per heavy atom. The lowest BCUT2D eigenvalue weighted by Gasteiger charge is -2.23. The molecule has 3 N–H and O–H groups in total. The summed E-state index contributed by atoms with van der Waals surface area (Å²) in [5.41, 5.74) is 7.47. The zero-order valence-electron chi connectivity index (χ0n) is 10.0. The van der Waals surface area contributed by atoms with Crippen LogP contribution in [0.25, 0.3) is 0 Å². The van der Waals surface area contributed by atoms with Gasteiger partial charge in [-0.15, -0.1) is 0 Å². The van der Waals surface area contributed by atoms with E-state index >= 15 is 0 Å². The van der Waals surface area contributed by atoms with Gasteiger partial charge >= 0.3 is 6.03 Å². The predicted octanol–water partition coefficient (Wildman–Crippen LogP) is 1.81. The zero-order chi connectivity index (χ0) is 12.1. The molecule has 0 aliphatic heterocycles. The number of nitrogens with zero attached hydrogens (tertiary/aromatic N) is 1. The van der Waals surface area contributed by atoms with Gasteiger partial charge < -0.3 is 16.0 Å². The van der Waals surface area contributed by atoms with Crippen LogP contribution >= 0.6 is 0 Å². The van der Waals surface area contributed by atoms with Crippen molar-refractivity contribution in [3.8, 4) is 0 Å². The highest BCUT2D eigenvalue weighted by Crippen LogP contribution is 2.09. The average Bonchev–Trinajstić information content (AvgIpc) is 2.30. The van der Waals surface area contributed by atoms with Gasteiger partial charge in [0.25, 0.3) is 0 Å². The van der Waals surface area contributed by atoms with E-state index in [2.05, 4.69) is 5.32 Å². The van der Waals surface area contributed by atoms with Crippen LogP contribution in [0.3, 0.4) is 0 Å². The second kappa shape index (κ2) is 5.51. The minimum atomic E-state index is -0.137. The first-order chi connectivity index (χ1) is 7.54. The zero-order valence-corrected chi connectivity index (χ0v) is 10.0. The Morgan fingerprint density at radius 2 is 2.00 bits per heavy atom. The lowest BCUT2D eigenvalue weighted by molar-refractivity contribution is 0.209. The Morgan fingerprint density at radius 3 is 2.50 bits per heavy atom. The van der Waals surface area contributed by atoms with Gasteiger partial charge in [-0.1, -0.05) is 17.7 Å². The van der Waals surface area contributed by atoms with Crippen LogP contribution in [0.2, 0.25) is 0 Å². The van der Waals surface area contributed by atoms with E-state index < -0.39 is 0 Å². The van der Waals surface area contributed by atoms with Crippen LogP contribution in [-0.4, -0.2) is 30.6 Å². The molecule has 0 aliphatic carbocycles. The second-order valence-corrected chi connectivity index (χ2v) is 3.99. The summed E-state index contributed by atoms with van der Waals surface area (Å²) < 4.78 is 0. The number of anilines is 1. The van der Waals surface area contributed by atoms with E-state index in [0.29, 0.717) is 6.54 Å². The number of carbonyl (C=O) groups excluding carboxylic acids is 1. The van der Waals surface area contributed by atoms with Crippen LogP contribution in [0.15, 0.2) is 24.3 Å². The molecule has 0 bridgehead atoms. The maximum Gasteiger partial charge on any atom is 0.321 e. The first-order valence-corrected chi connectivity index (χ1v) is 5.35. The van der Waals surface area contributed by atoms with Gasteiger partial charge in [-0.05, 0) is 26.0 Å². The van der Waals surface area contributed by atoms with E-state index in [-0.39, 0.29) is 12.1 Å². The third-order valence-electron chi connectivity index (χ3n) is 2.63. The molecule has 16 heavy (non-hydrogen) atoms. The molecule has 88 valence electrons. The topological polar surface area (TPSA) is 58.4 Å². The molecule has 0 heterocycles. The number of hydrogen-bond donors (Lipinski definition) is 2. The Balaban J connectivity index is 2.60. The molecule has 0 saturated heterocycles. The molecular formula is C12H19N3O. The molecule has 0 aromatic heterocycles. The minimum absolute atomic E-state index is 0.0328. The standard InChI is InChI=1S/C12H19N3O/c1-9-4-6-11(7-5-9)14-12(16)15(3)10(2)8-13/h4-7,10H,8,13H2,1-3H3,(H,14,16). The van der Waals surface area contributed by atoms with Crippen LogP contribution in [-0.2, 0) is 0 Å². The van der Waals surface area contributed by atoms with Gasteiger partial charge in [-0.3, -0.25) is 0 Å². The SMILES string of the molecule is Cc1ccc(NC(=O)N(C)C(C)CN)cc1. The number of aryl methyl sites for hydroxylation is 1. The summed E-state index contributed by atoms with van der Waals surface area (Å²) in [6.07, 6.45) is 0. The van der Waals surface area contributed by atoms with Crippen molar-refractivity contribution < 1.29 is 4.79 Å². The van der Waals surface area contributed by atoms with Gasteiger partial charge in [0.05, 0.1) is 0 Å². The summed E-state index contributed by atoms with van der Waals surface area (Å²) in [5, 5.41) is 2.82. The molecule has 1 atom stereocenters. The van der Waals surface area contributed by atoms with E-state index in [4.69, 9.17) is 5.73 Å². The Labute approximate surface area is 96.4 Å². The largest absolute Gasteiger partial charge is 0.328 e. The van der Waals surface area contributed by atoms with Gasteiger partial charge in [-0.25, -0.2) is 4.79 Å². The number of amides is 2. The molecule has 4 heteroatoms. The predicted molar refractivity (Wildman–Crippen MR) is 66.5 cm³/mol. The summed E-state index contributed by atoms with van der Waals surface area (Å²) in [6.45, 7) is 4.38. The van der Waals surface area contributed by atoms with Crippen LogP contribution in [0.1, 0.15) is 12.5 Å². The fourth-order valence-electron chi connectivity index (χ4n) is 1.21. The highest BCUT2D eigenvalue weighted by molar-refractivity contribution is 5.89. The third-order valence-corrected chi connectivity index (χ3v) is 2.63. The van der Waals surface area contributed by atoms with E-state index in [0.717, 1.165) is 5.69 Å². The van der Waals surface area contributed by atoms with Gasteiger partial charge in [0.2, 0.25) is 0 Å². The molecule has 1 rings (SSSR count). The average molecular weight is 221 g/mol. The molecule has 1 unspecified atom stereocenters. The monoisotopic (exact) mass is 221 g/mol. The van der Waals surface area contributed by atoms with Gasteiger partial charge in [0, 0.05) is 25.3 Å². The number of urea groups is 1. The van der Waals surface area contributed by atoms with Gasteiger partial charge in [0.1, 0.15) is 0 Å². The molecular weight excluding hydrogens is 202 g/mol. The number of benzene rings is 1. The summed E-state index contributed by atoms with van der Waals surface area (Å²) in [7, 11) is 1.74. The second-order valence-electron chi connectivity index (χ2n) is 3.99. The van der Waals surface area contributed by atoms with Crippen molar-refractivity contribution in [3.05, 3.63) is 29.8 Å². The maximum absolute atomic E-state index is 11.8. The van der Waals surface area contributed by atoms with Crippen LogP contribution < -0.4 is 11.1 Å². The molecule has 0 fully saturated rings. The van der Waals surface area contributed by atoms with E-state index in [9.17, 15) is 4.79 Å². The van der Waals surface area contributed by atoms with Crippen LogP contribution in [0.5, 0.6) is 0 Å². The number of likely N-dealkylation sites (N-methyl/N-ethyl adjacent to an activating group) is 1. The fraction of sp³-hybridized carbons (Fsp3) is 0.417. The number of nitrogens with one attached hydrogen (secondary N) is 1. The normalized spacial score (nSPS) is 12.0. The Bertz CT molecular complexity index is 348. The van der Waals surface area contributed by atoms with Gasteiger partial charge in [-0.2, -0.15) is 0 Å². The van der Waals surface area contributed by atoms with Crippen molar-refractivity contribution in [2.45, 2.75) is 19.9 Å². The lowest BCUT2D eigenvalue weighted by Crippen LogP contribution is -2.42. The molecule has 1 aromatic rings. The number of nitrogens with two attached hydrogens (primary N) is 1. The van der Waals surface area contributed by atoms with Crippen LogP contribution in [0.4, 0.5) is 10.5 Å². The molecule has 1 aromatic carbocycles. The summed E-state index contributed by atoms with van der Waals surface area (Å²) in [6, 6.07) is 7.58. The first kappa shape index (κ1) is 12.5. The smallest absolute Gasteiger partial charge is 0.321 e. The summed E-state index contributed by atoms with van der Waals surface area (Å²) >= 11 is 0. The highest BCUT2D eigenvalue weighted by Gasteiger charge is 2.13. The van der Waals surface area contributed by atoms with Crippen molar-refractivity contribution in [3.63, 3.8) is 0 Å². The first-order valence-electron chi connectivity index (χ1n) is 5.35. The quantitative estimate of drug-likeness (QED) is 0.817. The molecule has 0 radical (unpaired) electrons. The number of hydrogen-bond acceptors (Lipinski definition) is 2. The van der Waals surface area contributed by atoms with Crippen molar-refractivity contribution in [2.75, 3.05) is 18.9 Å². The Kier molecular flexibility index (Phi) is 4.31. The molecule has 2 amide bonds. The van der Waals surface area contributed by atoms with Crippen molar-refractivity contribution in [1.82, 2.24) is 4.90 Å². The molecule has 0 spiro atoms. The molecule has 0 saturated carbocycles. The van der Waals surface area contributed by atoms with Crippen molar-refractivity contribution in [2.24, 2.45) is 5.73 Å². The Hall–Kier alpha value is -1.55. The van der Waals surface area contributed by atoms with Crippen molar-refractivity contribution >= 4 is 11.7 Å². The van der Waals surface area contributed by atoms with E-state index in [1.807, 2.05) is 38.1 Å². The third kappa shape index (κ3) is 3.24. The van der Waals surface area contributed by atoms with E-state index in [1.165, 1.54) is 5.56 Å². The number of rotatable bonds is 3. The molecule has 0 aliphatic rings. The maximum atomic E-state index is 11.8.